The predicted octanol–water partition coefficient (Wildman–Crippen LogP) is 8.75. The fraction of sp³-hybridized carbons (Fsp3) is 0.750. The molecule has 3 fully saturated rings. The van der Waals surface area contributed by atoms with Gasteiger partial charge in [0.1, 0.15) is 6.10 Å². The minimum Gasteiger partial charge on any atom is -0.458 e. The number of esters is 1. The average molecular weight is 534 g/mol. The van der Waals surface area contributed by atoms with Crippen molar-refractivity contribution in [3.8, 4) is 0 Å². The van der Waals surface area contributed by atoms with Gasteiger partial charge < -0.3 is 10.5 Å². The van der Waals surface area contributed by atoms with E-state index in [1.165, 1.54) is 56.9 Å². The molecule has 5 rings (SSSR count). The first-order valence-electron chi connectivity index (χ1n) is 16.3. The van der Waals surface area contributed by atoms with Crippen molar-refractivity contribution in [3.63, 3.8) is 0 Å². The van der Waals surface area contributed by atoms with E-state index in [2.05, 4.69) is 40.7 Å². The van der Waals surface area contributed by atoms with E-state index in [0.29, 0.717) is 17.5 Å². The van der Waals surface area contributed by atoms with Crippen molar-refractivity contribution >= 4 is 5.97 Å². The molecule has 0 aliphatic heterocycles. The van der Waals surface area contributed by atoms with Gasteiger partial charge in [-0.15, -0.1) is 0 Å². The molecule has 1 aromatic rings. The molecule has 0 heterocycles. The van der Waals surface area contributed by atoms with Gasteiger partial charge in [0.15, 0.2) is 0 Å². The molecule has 8 atom stereocenters. The third-order valence-electron chi connectivity index (χ3n) is 12.2. The number of ether oxygens (including phenoxy) is 1. The second-order valence-electron chi connectivity index (χ2n) is 14.8. The highest BCUT2D eigenvalue weighted by Gasteiger charge is 2.59. The molecule has 4 aliphatic rings. The molecule has 0 saturated heterocycles. The van der Waals surface area contributed by atoms with Gasteiger partial charge in [-0.1, -0.05) is 77.7 Å². The Morgan fingerprint density at radius 2 is 1.77 bits per heavy atom. The minimum atomic E-state index is -0.176. The summed E-state index contributed by atoms with van der Waals surface area (Å²) in [4.78, 5) is 12.9. The Bertz CT molecular complexity index is 1030. The van der Waals surface area contributed by atoms with Gasteiger partial charge >= 0.3 is 5.97 Å². The van der Waals surface area contributed by atoms with E-state index in [0.717, 1.165) is 61.2 Å². The summed E-state index contributed by atoms with van der Waals surface area (Å²) in [6.45, 7) is 13.2. The van der Waals surface area contributed by atoms with E-state index in [9.17, 15) is 4.79 Å². The smallest absolute Gasteiger partial charge is 0.338 e. The molecule has 2 N–H and O–H groups in total. The minimum absolute atomic E-state index is 0.00787. The number of carbonyl (C=O) groups excluding carboxylic acids is 1. The van der Waals surface area contributed by atoms with Crippen LogP contribution < -0.4 is 5.73 Å². The quantitative estimate of drug-likeness (QED) is 0.255. The van der Waals surface area contributed by atoms with Crippen LogP contribution in [0.15, 0.2) is 35.9 Å². The monoisotopic (exact) mass is 533 g/mol. The van der Waals surface area contributed by atoms with Crippen LogP contribution in [0.1, 0.15) is 121 Å². The molecule has 1 aromatic carbocycles. The summed E-state index contributed by atoms with van der Waals surface area (Å²) >= 11 is 0. The van der Waals surface area contributed by atoms with E-state index in [1.807, 2.05) is 24.3 Å². The summed E-state index contributed by atoms with van der Waals surface area (Å²) in [6, 6.07) is 7.79. The first-order chi connectivity index (χ1) is 18.7. The number of benzene rings is 1. The Labute approximate surface area is 238 Å². The molecule has 3 saturated carbocycles. The summed E-state index contributed by atoms with van der Waals surface area (Å²) in [7, 11) is 0. The van der Waals surface area contributed by atoms with Gasteiger partial charge in [-0.05, 0) is 122 Å². The van der Waals surface area contributed by atoms with Crippen LogP contribution in [-0.4, -0.2) is 18.6 Å². The molecule has 0 bridgehead atoms. The largest absolute Gasteiger partial charge is 0.458 e. The average Bonchev–Trinajstić information content (AvgIpc) is 3.26. The van der Waals surface area contributed by atoms with Crippen LogP contribution in [0.4, 0.5) is 0 Å². The number of fused-ring (bicyclic) bond motifs is 5. The molecule has 0 unspecified atom stereocenters. The second-order valence-corrected chi connectivity index (χ2v) is 14.8. The maximum atomic E-state index is 12.9. The summed E-state index contributed by atoms with van der Waals surface area (Å²) in [5.41, 5.74) is 9.90. The van der Waals surface area contributed by atoms with Crippen LogP contribution in [0.2, 0.25) is 0 Å². The van der Waals surface area contributed by atoms with Gasteiger partial charge in [0.2, 0.25) is 0 Å². The zero-order valence-electron chi connectivity index (χ0n) is 25.5. The van der Waals surface area contributed by atoms with Gasteiger partial charge in [0.05, 0.1) is 5.56 Å². The Morgan fingerprint density at radius 1 is 1.00 bits per heavy atom. The lowest BCUT2D eigenvalue weighted by Crippen LogP contribution is -2.51. The summed E-state index contributed by atoms with van der Waals surface area (Å²) in [5.74, 6) is 4.96. The van der Waals surface area contributed by atoms with E-state index < -0.39 is 0 Å². The van der Waals surface area contributed by atoms with Gasteiger partial charge in [0.25, 0.3) is 0 Å². The van der Waals surface area contributed by atoms with E-state index in [4.69, 9.17) is 10.5 Å². The Morgan fingerprint density at radius 3 is 2.49 bits per heavy atom. The molecule has 216 valence electrons. The van der Waals surface area contributed by atoms with E-state index >= 15 is 0 Å². The summed E-state index contributed by atoms with van der Waals surface area (Å²) in [6.07, 6.45) is 17.7. The lowest BCUT2D eigenvalue weighted by molar-refractivity contribution is -0.0594. The van der Waals surface area contributed by atoms with Crippen molar-refractivity contribution < 1.29 is 9.53 Å². The SMILES string of the molecule is CC(C)CCC[C@@H](C)[C@H]1CC[C@H]2[C@@H]3CC=C4C[C@@H](OC(=O)c5ccc(CCN)cc5)CC[C@]4(C)[C@H]3CC[C@]12C. The predicted molar refractivity (Wildman–Crippen MR) is 161 cm³/mol. The Hall–Kier alpha value is -1.61. The molecule has 39 heavy (non-hydrogen) atoms. The number of rotatable bonds is 9. The zero-order chi connectivity index (χ0) is 27.8. The number of carbonyl (C=O) groups is 1. The van der Waals surface area contributed by atoms with Gasteiger partial charge in [-0.25, -0.2) is 4.79 Å². The highest BCUT2D eigenvalue weighted by atomic mass is 16.5. The maximum absolute atomic E-state index is 12.9. The van der Waals surface area contributed by atoms with Crippen LogP contribution in [0, 0.1) is 46.3 Å². The van der Waals surface area contributed by atoms with Crippen LogP contribution in [0.5, 0.6) is 0 Å². The first-order valence-corrected chi connectivity index (χ1v) is 16.3. The molecule has 0 amide bonds. The lowest BCUT2D eigenvalue weighted by atomic mass is 9.47. The van der Waals surface area contributed by atoms with Gasteiger partial charge in [-0.3, -0.25) is 0 Å². The van der Waals surface area contributed by atoms with Gasteiger partial charge in [-0.2, -0.15) is 0 Å². The van der Waals surface area contributed by atoms with E-state index in [-0.39, 0.29) is 17.5 Å². The number of hydrogen-bond acceptors (Lipinski definition) is 3. The van der Waals surface area contributed by atoms with Crippen molar-refractivity contribution in [2.24, 2.45) is 52.1 Å². The third kappa shape index (κ3) is 5.64. The van der Waals surface area contributed by atoms with E-state index in [1.54, 1.807) is 5.57 Å². The highest BCUT2D eigenvalue weighted by Crippen LogP contribution is 2.67. The number of hydrogen-bond donors (Lipinski definition) is 1. The third-order valence-corrected chi connectivity index (χ3v) is 12.2. The standard InChI is InChI=1S/C36H55NO2/c1-24(2)7-6-8-25(3)31-15-16-32-30-14-13-28-23-29(17-20-35(28,4)33(30)18-21-36(31,32)5)39-34(38)27-11-9-26(10-12-27)19-22-37/h9-13,24-25,29-33H,6-8,14-23,37H2,1-5H3/t25-,29+,30+,31-,32+,33+,35+,36-/m1/s1. The van der Waals surface area contributed by atoms with Gasteiger partial charge in [0, 0.05) is 6.42 Å². The first kappa shape index (κ1) is 28.9. The van der Waals surface area contributed by atoms with Crippen LogP contribution in [0.25, 0.3) is 0 Å². The topological polar surface area (TPSA) is 52.3 Å². The molecule has 0 radical (unpaired) electrons. The molecule has 0 aromatic heterocycles. The number of nitrogens with two attached hydrogens (primary N) is 1. The van der Waals surface area contributed by atoms with Crippen molar-refractivity contribution in [3.05, 3.63) is 47.0 Å². The lowest BCUT2D eigenvalue weighted by Gasteiger charge is -2.58. The zero-order valence-corrected chi connectivity index (χ0v) is 25.5. The van der Waals surface area contributed by atoms with Crippen LogP contribution >= 0.6 is 0 Å². The van der Waals surface area contributed by atoms with Crippen molar-refractivity contribution in [2.75, 3.05) is 6.54 Å². The normalized spacial score (nSPS) is 36.5. The fourth-order valence-electron chi connectivity index (χ4n) is 9.95. The molecule has 0 spiro atoms. The molecule has 3 heteroatoms. The van der Waals surface area contributed by atoms with Crippen molar-refractivity contribution in [2.45, 2.75) is 118 Å². The Balaban J connectivity index is 1.22. The highest BCUT2D eigenvalue weighted by molar-refractivity contribution is 5.89. The van der Waals surface area contributed by atoms with Crippen LogP contribution in [0.3, 0.4) is 0 Å². The maximum Gasteiger partial charge on any atom is 0.338 e. The van der Waals surface area contributed by atoms with Crippen LogP contribution in [-0.2, 0) is 11.2 Å². The fourth-order valence-corrected chi connectivity index (χ4v) is 9.95. The molecular formula is C36H55NO2. The second kappa shape index (κ2) is 11.7. The molecular weight excluding hydrogens is 478 g/mol. The van der Waals surface area contributed by atoms with Crippen molar-refractivity contribution in [1.29, 1.82) is 0 Å². The summed E-state index contributed by atoms with van der Waals surface area (Å²) in [5, 5.41) is 0. The summed E-state index contributed by atoms with van der Waals surface area (Å²) < 4.78 is 6.08. The molecule has 3 nitrogen and oxygen atoms in total. The van der Waals surface area contributed by atoms with Crippen molar-refractivity contribution in [1.82, 2.24) is 0 Å². The molecule has 4 aliphatic carbocycles. The number of allylic oxidation sites excluding steroid dienone is 1. The Kier molecular flexibility index (Phi) is 8.68.